The molecule has 0 radical (unpaired) electrons. The van der Waals surface area contributed by atoms with Crippen LogP contribution in [0.1, 0.15) is 13.3 Å². The molecule has 0 rings (SSSR count). The molecule has 3 nitrogen and oxygen atoms in total. The molecule has 0 heterocycles. The van der Waals surface area contributed by atoms with Gasteiger partial charge in [0.25, 0.3) is 5.91 Å². The minimum atomic E-state index is -0.153. The van der Waals surface area contributed by atoms with Crippen LogP contribution in [0.25, 0.3) is 0 Å². The number of amides is 1. The molecule has 0 bridgehead atoms. The van der Waals surface area contributed by atoms with Crippen molar-refractivity contribution >= 4 is 12.6 Å². The van der Waals surface area contributed by atoms with Gasteiger partial charge in [-0.3, -0.25) is 9.79 Å². The van der Waals surface area contributed by atoms with Crippen LogP contribution in [-0.4, -0.2) is 19.2 Å². The summed E-state index contributed by atoms with van der Waals surface area (Å²) in [5.41, 5.74) is 0.443. The van der Waals surface area contributed by atoms with Crippen LogP contribution < -0.4 is 5.32 Å². The maximum atomic E-state index is 11.2. The van der Waals surface area contributed by atoms with Crippen LogP contribution in [0.4, 0.5) is 0 Å². The van der Waals surface area contributed by atoms with Gasteiger partial charge in [-0.05, 0) is 13.1 Å². The summed E-state index contributed by atoms with van der Waals surface area (Å²) in [6, 6.07) is 0. The van der Waals surface area contributed by atoms with Crippen LogP contribution >= 0.6 is 0 Å². The van der Waals surface area contributed by atoms with E-state index >= 15 is 0 Å². The number of nitrogens with zero attached hydrogens (tertiary/aromatic N) is 1. The summed E-state index contributed by atoms with van der Waals surface area (Å²) in [6.45, 7) is 9.41. The van der Waals surface area contributed by atoms with E-state index in [1.165, 1.54) is 12.3 Å². The van der Waals surface area contributed by atoms with Gasteiger partial charge in [-0.2, -0.15) is 0 Å². The molecule has 1 N–H and O–H groups in total. The lowest BCUT2D eigenvalue weighted by molar-refractivity contribution is -0.117. The molecular formula is C9H14N2O. The lowest BCUT2D eigenvalue weighted by Crippen LogP contribution is -2.24. The van der Waals surface area contributed by atoms with E-state index in [4.69, 9.17) is 0 Å². The number of nitrogens with one attached hydrogen (secondary N) is 1. The first-order chi connectivity index (χ1) is 5.76. The van der Waals surface area contributed by atoms with Crippen LogP contribution in [0.15, 0.2) is 29.4 Å². The quantitative estimate of drug-likeness (QED) is 0.373. The molecule has 0 aromatic carbocycles. The smallest absolute Gasteiger partial charge is 0.252 e. The van der Waals surface area contributed by atoms with Gasteiger partial charge < -0.3 is 5.32 Å². The highest BCUT2D eigenvalue weighted by Crippen LogP contribution is 1.95. The largest absolute Gasteiger partial charge is 0.352 e. The Morgan fingerprint density at radius 2 is 2.33 bits per heavy atom. The number of carbonyl (C=O) groups is 1. The molecule has 66 valence electrons. The molecule has 1 amide bonds. The number of carbonyl (C=O) groups excluding carboxylic acids is 1. The molecule has 0 saturated heterocycles. The van der Waals surface area contributed by atoms with Crippen molar-refractivity contribution in [3.05, 3.63) is 24.4 Å². The molecule has 0 unspecified atom stereocenters. The summed E-state index contributed by atoms with van der Waals surface area (Å²) in [6.07, 6.45) is 3.76. The topological polar surface area (TPSA) is 41.5 Å². The van der Waals surface area contributed by atoms with E-state index in [1.54, 1.807) is 0 Å². The summed E-state index contributed by atoms with van der Waals surface area (Å²) < 4.78 is 0. The molecule has 0 aromatic rings. The first-order valence-electron chi connectivity index (χ1n) is 3.82. The summed E-state index contributed by atoms with van der Waals surface area (Å²) in [5.74, 6) is -0.153. The summed E-state index contributed by atoms with van der Waals surface area (Å²) in [7, 11) is 0. The second kappa shape index (κ2) is 6.34. The minimum Gasteiger partial charge on any atom is -0.352 e. The number of hydrogen-bond acceptors (Lipinski definition) is 2. The maximum absolute atomic E-state index is 11.2. The normalized spacial score (nSPS) is 10.6. The van der Waals surface area contributed by atoms with Gasteiger partial charge in [-0.1, -0.05) is 19.6 Å². The molecule has 0 aliphatic carbocycles. The van der Waals surface area contributed by atoms with Gasteiger partial charge in [0.05, 0.1) is 5.57 Å². The van der Waals surface area contributed by atoms with Crippen molar-refractivity contribution in [3.63, 3.8) is 0 Å². The van der Waals surface area contributed by atoms with Crippen molar-refractivity contribution in [1.82, 2.24) is 5.32 Å². The predicted molar refractivity (Wildman–Crippen MR) is 51.1 cm³/mol. The Morgan fingerprint density at radius 1 is 1.67 bits per heavy atom. The van der Waals surface area contributed by atoms with Gasteiger partial charge in [0, 0.05) is 12.7 Å². The standard InChI is InChI=1S/C9H14N2O/c1-4-6-11-9(12)8(5-2)7-10-3/h5,7H,2-4,6H2,1H3,(H,11,12)/b8-7+. The van der Waals surface area contributed by atoms with E-state index in [-0.39, 0.29) is 5.91 Å². The van der Waals surface area contributed by atoms with Gasteiger partial charge in [0.15, 0.2) is 0 Å². The third-order valence-corrected chi connectivity index (χ3v) is 1.25. The fraction of sp³-hybridized carbons (Fsp3) is 0.333. The Balaban J connectivity index is 4.12. The highest BCUT2D eigenvalue weighted by Gasteiger charge is 2.02. The molecule has 0 fully saturated rings. The maximum Gasteiger partial charge on any atom is 0.252 e. The van der Waals surface area contributed by atoms with Crippen molar-refractivity contribution in [3.8, 4) is 0 Å². The summed E-state index contributed by atoms with van der Waals surface area (Å²) in [5, 5.41) is 2.70. The zero-order valence-electron chi connectivity index (χ0n) is 7.34. The van der Waals surface area contributed by atoms with E-state index in [2.05, 4.69) is 23.6 Å². The van der Waals surface area contributed by atoms with Gasteiger partial charge in [-0.15, -0.1) is 0 Å². The lowest BCUT2D eigenvalue weighted by Gasteiger charge is -2.01. The van der Waals surface area contributed by atoms with Crippen molar-refractivity contribution in [1.29, 1.82) is 0 Å². The molecule has 0 aliphatic heterocycles. The van der Waals surface area contributed by atoms with Crippen molar-refractivity contribution in [2.45, 2.75) is 13.3 Å². The number of hydrogen-bond donors (Lipinski definition) is 1. The van der Waals surface area contributed by atoms with Crippen LogP contribution in [0.2, 0.25) is 0 Å². The summed E-state index contributed by atoms with van der Waals surface area (Å²) >= 11 is 0. The Labute approximate surface area is 72.9 Å². The average Bonchev–Trinajstić information content (AvgIpc) is 2.10. The van der Waals surface area contributed by atoms with Crippen LogP contribution in [0.5, 0.6) is 0 Å². The highest BCUT2D eigenvalue weighted by atomic mass is 16.1. The third kappa shape index (κ3) is 3.71. The Morgan fingerprint density at radius 3 is 2.75 bits per heavy atom. The SMILES string of the molecule is C=C/C(=C\N=C)C(=O)NCCC. The fourth-order valence-electron chi connectivity index (χ4n) is 0.643. The number of rotatable bonds is 5. The molecule has 12 heavy (non-hydrogen) atoms. The number of aliphatic imine (C=N–C) groups is 1. The molecule has 0 atom stereocenters. The Hall–Kier alpha value is -1.38. The molecule has 0 aromatic heterocycles. The third-order valence-electron chi connectivity index (χ3n) is 1.25. The molecule has 3 heteroatoms. The van der Waals surface area contributed by atoms with Gasteiger partial charge >= 0.3 is 0 Å². The monoisotopic (exact) mass is 166 g/mol. The van der Waals surface area contributed by atoms with E-state index in [1.807, 2.05) is 6.92 Å². The predicted octanol–water partition coefficient (Wildman–Crippen LogP) is 1.28. The minimum absolute atomic E-state index is 0.153. The molecule has 0 saturated carbocycles. The van der Waals surface area contributed by atoms with E-state index < -0.39 is 0 Å². The fourth-order valence-corrected chi connectivity index (χ4v) is 0.643. The summed E-state index contributed by atoms with van der Waals surface area (Å²) in [4.78, 5) is 14.7. The average molecular weight is 166 g/mol. The second-order valence-electron chi connectivity index (χ2n) is 2.23. The molecule has 0 spiro atoms. The van der Waals surface area contributed by atoms with Crippen molar-refractivity contribution in [2.24, 2.45) is 4.99 Å². The van der Waals surface area contributed by atoms with E-state index in [9.17, 15) is 4.79 Å². The van der Waals surface area contributed by atoms with Crippen molar-refractivity contribution in [2.75, 3.05) is 6.54 Å². The zero-order chi connectivity index (χ0) is 9.40. The second-order valence-corrected chi connectivity index (χ2v) is 2.23. The van der Waals surface area contributed by atoms with Gasteiger partial charge in [0.1, 0.15) is 0 Å². The first kappa shape index (κ1) is 10.6. The van der Waals surface area contributed by atoms with Crippen LogP contribution in [-0.2, 0) is 4.79 Å². The first-order valence-corrected chi connectivity index (χ1v) is 3.82. The van der Waals surface area contributed by atoms with Crippen LogP contribution in [0.3, 0.4) is 0 Å². The van der Waals surface area contributed by atoms with E-state index in [0.717, 1.165) is 6.42 Å². The van der Waals surface area contributed by atoms with Gasteiger partial charge in [0.2, 0.25) is 0 Å². The highest BCUT2D eigenvalue weighted by molar-refractivity contribution is 5.95. The lowest BCUT2D eigenvalue weighted by atomic mass is 10.2. The Bertz CT molecular complexity index is 207. The van der Waals surface area contributed by atoms with Crippen LogP contribution in [0, 0.1) is 0 Å². The zero-order valence-corrected chi connectivity index (χ0v) is 7.34. The molecular weight excluding hydrogens is 152 g/mol. The van der Waals surface area contributed by atoms with E-state index in [0.29, 0.717) is 12.1 Å². The van der Waals surface area contributed by atoms with Gasteiger partial charge in [-0.25, -0.2) is 0 Å². The molecule has 0 aliphatic rings. The van der Waals surface area contributed by atoms with Crippen molar-refractivity contribution < 1.29 is 4.79 Å². The Kier molecular flexibility index (Phi) is 5.61.